The number of rotatable bonds is 9. The number of halogens is 5. The van der Waals surface area contributed by atoms with Crippen LogP contribution in [0.3, 0.4) is 0 Å². The highest BCUT2D eigenvalue weighted by atomic mass is 19.2. The van der Waals surface area contributed by atoms with Gasteiger partial charge in [-0.1, -0.05) is 6.42 Å². The van der Waals surface area contributed by atoms with E-state index < -0.39 is 40.2 Å². The van der Waals surface area contributed by atoms with Crippen LogP contribution < -0.4 is 4.74 Å². The zero-order valence-corrected chi connectivity index (χ0v) is 14.3. The molecule has 0 bridgehead atoms. The van der Waals surface area contributed by atoms with Crippen molar-refractivity contribution in [2.45, 2.75) is 25.7 Å². The van der Waals surface area contributed by atoms with Crippen LogP contribution >= 0.6 is 0 Å². The van der Waals surface area contributed by atoms with Gasteiger partial charge in [-0.05, 0) is 37.0 Å². The van der Waals surface area contributed by atoms with Crippen LogP contribution in [0.1, 0.15) is 25.7 Å². The lowest BCUT2D eigenvalue weighted by atomic mass is 10.0. The Morgan fingerprint density at radius 1 is 0.692 bits per heavy atom. The van der Waals surface area contributed by atoms with E-state index in [0.29, 0.717) is 25.2 Å². The molecule has 0 unspecified atom stereocenters. The minimum Gasteiger partial charge on any atom is -0.493 e. The Hall–Kier alpha value is -2.15. The molecule has 142 valence electrons. The van der Waals surface area contributed by atoms with Crippen molar-refractivity contribution < 1.29 is 31.4 Å². The Morgan fingerprint density at radius 2 is 1.23 bits per heavy atom. The third kappa shape index (κ3) is 5.17. The molecule has 0 N–H and O–H groups in total. The summed E-state index contributed by atoms with van der Waals surface area (Å²) in [7, 11) is 1.63. The maximum absolute atomic E-state index is 14.2. The lowest BCUT2D eigenvalue weighted by molar-refractivity contribution is 0.191. The molecule has 0 spiro atoms. The fraction of sp³-hybridized carbons (Fsp3) is 0.368. The molecule has 26 heavy (non-hydrogen) atoms. The summed E-state index contributed by atoms with van der Waals surface area (Å²) >= 11 is 0. The van der Waals surface area contributed by atoms with E-state index >= 15 is 0 Å². The summed E-state index contributed by atoms with van der Waals surface area (Å²) in [5.41, 5.74) is -1.07. The Balaban J connectivity index is 2.04. The summed E-state index contributed by atoms with van der Waals surface area (Å²) in [4.78, 5) is 0. The van der Waals surface area contributed by atoms with Crippen LogP contribution in [0.2, 0.25) is 0 Å². The molecule has 0 aromatic heterocycles. The van der Waals surface area contributed by atoms with E-state index in [4.69, 9.17) is 9.47 Å². The van der Waals surface area contributed by atoms with Gasteiger partial charge in [0.25, 0.3) is 0 Å². The van der Waals surface area contributed by atoms with E-state index in [1.54, 1.807) is 7.11 Å². The molecule has 0 saturated carbocycles. The van der Waals surface area contributed by atoms with Crippen molar-refractivity contribution in [1.82, 2.24) is 0 Å². The number of benzene rings is 2. The van der Waals surface area contributed by atoms with Crippen molar-refractivity contribution in [3.63, 3.8) is 0 Å². The summed E-state index contributed by atoms with van der Waals surface area (Å²) in [6, 6.07) is 2.95. The van der Waals surface area contributed by atoms with Gasteiger partial charge in [0.1, 0.15) is 17.4 Å². The van der Waals surface area contributed by atoms with Gasteiger partial charge in [-0.3, -0.25) is 0 Å². The van der Waals surface area contributed by atoms with Gasteiger partial charge in [0.2, 0.25) is 0 Å². The van der Waals surface area contributed by atoms with Gasteiger partial charge in [0.15, 0.2) is 17.5 Å². The molecule has 0 heterocycles. The molecule has 0 saturated heterocycles. The second kappa shape index (κ2) is 9.52. The lowest BCUT2D eigenvalue weighted by Gasteiger charge is -2.11. The molecule has 0 aliphatic heterocycles. The molecule has 0 radical (unpaired) electrons. The first kappa shape index (κ1) is 20.2. The first-order valence-electron chi connectivity index (χ1n) is 8.19. The second-order valence-corrected chi connectivity index (χ2v) is 5.77. The molecule has 7 heteroatoms. The van der Waals surface area contributed by atoms with E-state index in [9.17, 15) is 22.0 Å². The highest BCUT2D eigenvalue weighted by Gasteiger charge is 2.18. The quantitative estimate of drug-likeness (QED) is 0.322. The predicted octanol–water partition coefficient (Wildman–Crippen LogP) is 5.63. The van der Waals surface area contributed by atoms with Crippen LogP contribution in [0.4, 0.5) is 22.0 Å². The molecule has 2 aromatic rings. The molecule has 0 amide bonds. The number of methoxy groups -OCH3 is 1. The van der Waals surface area contributed by atoms with Crippen LogP contribution in [0.5, 0.6) is 5.75 Å². The monoisotopic (exact) mass is 374 g/mol. The van der Waals surface area contributed by atoms with Crippen LogP contribution in [-0.4, -0.2) is 20.3 Å². The van der Waals surface area contributed by atoms with Crippen LogP contribution in [-0.2, 0) is 4.74 Å². The van der Waals surface area contributed by atoms with Gasteiger partial charge in [0, 0.05) is 25.8 Å². The Bertz CT molecular complexity index is 703. The van der Waals surface area contributed by atoms with Gasteiger partial charge < -0.3 is 9.47 Å². The lowest BCUT2D eigenvalue weighted by Crippen LogP contribution is -2.01. The normalized spacial score (nSPS) is 11.0. The fourth-order valence-corrected chi connectivity index (χ4v) is 2.50. The number of ether oxygens (including phenoxy) is 2. The van der Waals surface area contributed by atoms with E-state index in [2.05, 4.69) is 0 Å². The molecule has 0 atom stereocenters. The number of unbranched alkanes of at least 4 members (excludes halogenated alkanes) is 3. The van der Waals surface area contributed by atoms with E-state index in [0.717, 1.165) is 31.4 Å². The molecular formula is C19H19F5O2. The van der Waals surface area contributed by atoms with Crippen molar-refractivity contribution in [3.8, 4) is 16.9 Å². The van der Waals surface area contributed by atoms with Crippen molar-refractivity contribution in [1.29, 1.82) is 0 Å². The zero-order chi connectivity index (χ0) is 19.1. The van der Waals surface area contributed by atoms with Crippen molar-refractivity contribution in [2.24, 2.45) is 0 Å². The maximum Gasteiger partial charge on any atom is 0.194 e. The molecule has 0 fully saturated rings. The standard InChI is InChI=1S/C19H19F5O2/c1-25-6-4-2-3-5-7-26-13-10-14(20)18(15(21)11-13)12-8-16(22)19(24)17(23)9-12/h8-11H,2-7H2,1H3. The molecular weight excluding hydrogens is 355 g/mol. The Labute approximate surface area is 148 Å². The Kier molecular flexibility index (Phi) is 7.38. The van der Waals surface area contributed by atoms with E-state index in [1.807, 2.05) is 0 Å². The minimum absolute atomic E-state index is 0.0244. The topological polar surface area (TPSA) is 18.5 Å². The highest BCUT2D eigenvalue weighted by Crippen LogP contribution is 2.31. The zero-order valence-electron chi connectivity index (χ0n) is 14.3. The summed E-state index contributed by atoms with van der Waals surface area (Å²) in [6.45, 7) is 0.967. The SMILES string of the molecule is COCCCCCCOc1cc(F)c(-c2cc(F)c(F)c(F)c2)c(F)c1. The van der Waals surface area contributed by atoms with Crippen molar-refractivity contribution >= 4 is 0 Å². The minimum atomic E-state index is -1.69. The van der Waals surface area contributed by atoms with Crippen LogP contribution in [0.15, 0.2) is 24.3 Å². The van der Waals surface area contributed by atoms with Gasteiger partial charge >= 0.3 is 0 Å². The summed E-state index contributed by atoms with van der Waals surface area (Å²) in [5.74, 6) is -6.86. The summed E-state index contributed by atoms with van der Waals surface area (Å²) < 4.78 is 78.2. The highest BCUT2D eigenvalue weighted by molar-refractivity contribution is 5.66. The molecule has 0 aliphatic rings. The fourth-order valence-electron chi connectivity index (χ4n) is 2.50. The smallest absolute Gasteiger partial charge is 0.194 e. The second-order valence-electron chi connectivity index (χ2n) is 5.77. The average molecular weight is 374 g/mol. The summed E-state index contributed by atoms with van der Waals surface area (Å²) in [6.07, 6.45) is 3.49. The molecule has 2 nitrogen and oxygen atoms in total. The van der Waals surface area contributed by atoms with Crippen molar-refractivity contribution in [2.75, 3.05) is 20.3 Å². The van der Waals surface area contributed by atoms with Crippen LogP contribution in [0.25, 0.3) is 11.1 Å². The van der Waals surface area contributed by atoms with Gasteiger partial charge in [0.05, 0.1) is 12.2 Å². The van der Waals surface area contributed by atoms with E-state index in [-0.39, 0.29) is 12.4 Å². The molecule has 2 rings (SSSR count). The maximum atomic E-state index is 14.2. The molecule has 2 aromatic carbocycles. The first-order valence-corrected chi connectivity index (χ1v) is 8.19. The van der Waals surface area contributed by atoms with Gasteiger partial charge in [-0.15, -0.1) is 0 Å². The predicted molar refractivity (Wildman–Crippen MR) is 87.5 cm³/mol. The molecule has 0 aliphatic carbocycles. The Morgan fingerprint density at radius 3 is 1.77 bits per heavy atom. The van der Waals surface area contributed by atoms with Gasteiger partial charge in [-0.2, -0.15) is 0 Å². The third-order valence-electron chi connectivity index (χ3n) is 3.80. The summed E-state index contributed by atoms with van der Waals surface area (Å²) in [5, 5.41) is 0. The number of hydrogen-bond donors (Lipinski definition) is 0. The van der Waals surface area contributed by atoms with E-state index in [1.165, 1.54) is 0 Å². The largest absolute Gasteiger partial charge is 0.493 e. The number of hydrogen-bond acceptors (Lipinski definition) is 2. The van der Waals surface area contributed by atoms with Crippen LogP contribution in [0, 0.1) is 29.1 Å². The third-order valence-corrected chi connectivity index (χ3v) is 3.80. The van der Waals surface area contributed by atoms with Crippen molar-refractivity contribution in [3.05, 3.63) is 53.4 Å². The first-order chi connectivity index (χ1) is 12.4. The average Bonchev–Trinajstić information content (AvgIpc) is 2.58. The van der Waals surface area contributed by atoms with Gasteiger partial charge in [-0.25, -0.2) is 22.0 Å².